The van der Waals surface area contributed by atoms with Crippen molar-refractivity contribution >= 4 is 0 Å². The lowest BCUT2D eigenvalue weighted by Crippen LogP contribution is -2.30. The van der Waals surface area contributed by atoms with Crippen molar-refractivity contribution in [2.24, 2.45) is 11.7 Å². The first-order valence-corrected chi connectivity index (χ1v) is 4.30. The van der Waals surface area contributed by atoms with Crippen LogP contribution in [0.4, 0.5) is 0 Å². The van der Waals surface area contributed by atoms with Gasteiger partial charge in [-0.15, -0.1) is 0 Å². The number of aliphatic hydroxyl groups is 1. The number of nitrogens with two attached hydrogens (primary N) is 1. The predicted molar refractivity (Wildman–Crippen MR) is 43.2 cm³/mol. The van der Waals surface area contributed by atoms with E-state index >= 15 is 0 Å². The number of ether oxygens (including phenoxy) is 1. The van der Waals surface area contributed by atoms with Crippen LogP contribution in [-0.4, -0.2) is 31.0 Å². The molecular weight excluding hydrogens is 142 g/mol. The summed E-state index contributed by atoms with van der Waals surface area (Å²) in [5, 5.41) is 9.51. The monoisotopic (exact) mass is 159 g/mol. The molecule has 0 radical (unpaired) electrons. The molecule has 1 rings (SSSR count). The second-order valence-electron chi connectivity index (χ2n) is 3.12. The minimum absolute atomic E-state index is 0.250. The fourth-order valence-corrected chi connectivity index (χ4v) is 1.48. The van der Waals surface area contributed by atoms with Crippen LogP contribution in [-0.2, 0) is 4.74 Å². The van der Waals surface area contributed by atoms with Crippen LogP contribution in [0.3, 0.4) is 0 Å². The van der Waals surface area contributed by atoms with Crippen molar-refractivity contribution in [3.63, 3.8) is 0 Å². The Morgan fingerprint density at radius 1 is 1.64 bits per heavy atom. The SMILES string of the molecule is NCC[C@H](O)C1CCCOC1. The fourth-order valence-electron chi connectivity index (χ4n) is 1.48. The Labute approximate surface area is 67.5 Å². The van der Waals surface area contributed by atoms with Gasteiger partial charge in [-0.2, -0.15) is 0 Å². The van der Waals surface area contributed by atoms with Gasteiger partial charge in [-0.3, -0.25) is 0 Å². The Kier molecular flexibility index (Phi) is 3.83. The van der Waals surface area contributed by atoms with E-state index in [0.29, 0.717) is 25.5 Å². The molecule has 2 atom stereocenters. The molecule has 0 aromatic rings. The maximum absolute atomic E-state index is 9.51. The second kappa shape index (κ2) is 4.70. The highest BCUT2D eigenvalue weighted by atomic mass is 16.5. The zero-order valence-corrected chi connectivity index (χ0v) is 6.83. The second-order valence-corrected chi connectivity index (χ2v) is 3.12. The van der Waals surface area contributed by atoms with Crippen LogP contribution in [0.5, 0.6) is 0 Å². The lowest BCUT2D eigenvalue weighted by Gasteiger charge is -2.26. The van der Waals surface area contributed by atoms with E-state index in [1.165, 1.54) is 0 Å². The van der Waals surface area contributed by atoms with E-state index in [1.54, 1.807) is 0 Å². The van der Waals surface area contributed by atoms with E-state index in [9.17, 15) is 5.11 Å². The summed E-state index contributed by atoms with van der Waals surface area (Å²) in [4.78, 5) is 0. The summed E-state index contributed by atoms with van der Waals surface area (Å²) in [6.07, 6.45) is 2.61. The van der Waals surface area contributed by atoms with Crippen LogP contribution in [0.1, 0.15) is 19.3 Å². The number of rotatable bonds is 3. The first kappa shape index (κ1) is 8.97. The molecule has 0 bridgehead atoms. The minimum Gasteiger partial charge on any atom is -0.393 e. The summed E-state index contributed by atoms with van der Waals surface area (Å²) < 4.78 is 5.25. The maximum Gasteiger partial charge on any atom is 0.0602 e. The quantitative estimate of drug-likeness (QED) is 0.615. The van der Waals surface area contributed by atoms with Crippen molar-refractivity contribution < 1.29 is 9.84 Å². The average molecular weight is 159 g/mol. The van der Waals surface area contributed by atoms with E-state index in [1.807, 2.05) is 0 Å². The Morgan fingerprint density at radius 2 is 2.45 bits per heavy atom. The Balaban J connectivity index is 2.21. The lowest BCUT2D eigenvalue weighted by molar-refractivity contribution is -0.0108. The molecule has 1 aliphatic heterocycles. The van der Waals surface area contributed by atoms with Crippen LogP contribution in [0.2, 0.25) is 0 Å². The predicted octanol–water partition coefficient (Wildman–Crippen LogP) is 0.123. The van der Waals surface area contributed by atoms with Crippen molar-refractivity contribution in [2.75, 3.05) is 19.8 Å². The van der Waals surface area contributed by atoms with Crippen LogP contribution < -0.4 is 5.73 Å². The van der Waals surface area contributed by atoms with E-state index in [0.717, 1.165) is 19.4 Å². The van der Waals surface area contributed by atoms with Crippen LogP contribution >= 0.6 is 0 Å². The van der Waals surface area contributed by atoms with Crippen molar-refractivity contribution in [3.8, 4) is 0 Å². The molecule has 0 aliphatic carbocycles. The molecule has 1 heterocycles. The fraction of sp³-hybridized carbons (Fsp3) is 1.00. The highest BCUT2D eigenvalue weighted by Gasteiger charge is 2.21. The van der Waals surface area contributed by atoms with Crippen LogP contribution in [0, 0.1) is 5.92 Å². The van der Waals surface area contributed by atoms with Gasteiger partial charge < -0.3 is 15.6 Å². The Hall–Kier alpha value is -0.120. The molecule has 1 saturated heterocycles. The van der Waals surface area contributed by atoms with Gasteiger partial charge in [0.1, 0.15) is 0 Å². The maximum atomic E-state index is 9.51. The lowest BCUT2D eigenvalue weighted by atomic mass is 9.94. The van der Waals surface area contributed by atoms with Gasteiger partial charge in [-0.1, -0.05) is 0 Å². The summed E-state index contributed by atoms with van der Waals surface area (Å²) in [5.41, 5.74) is 5.34. The van der Waals surface area contributed by atoms with Crippen molar-refractivity contribution in [2.45, 2.75) is 25.4 Å². The summed E-state index contributed by atoms with van der Waals surface area (Å²) in [7, 11) is 0. The topological polar surface area (TPSA) is 55.5 Å². The van der Waals surface area contributed by atoms with Crippen LogP contribution in [0.25, 0.3) is 0 Å². The molecule has 3 nitrogen and oxygen atoms in total. The largest absolute Gasteiger partial charge is 0.393 e. The van der Waals surface area contributed by atoms with Crippen molar-refractivity contribution in [1.29, 1.82) is 0 Å². The molecule has 0 saturated carbocycles. The highest BCUT2D eigenvalue weighted by Crippen LogP contribution is 2.18. The van der Waals surface area contributed by atoms with Gasteiger partial charge in [0.2, 0.25) is 0 Å². The molecular formula is C8H17NO2. The zero-order valence-electron chi connectivity index (χ0n) is 6.83. The molecule has 0 spiro atoms. The average Bonchev–Trinajstić information content (AvgIpc) is 2.07. The molecule has 1 unspecified atom stereocenters. The number of hydrogen-bond acceptors (Lipinski definition) is 3. The van der Waals surface area contributed by atoms with Gasteiger partial charge in [-0.05, 0) is 25.8 Å². The molecule has 0 aromatic carbocycles. The van der Waals surface area contributed by atoms with Gasteiger partial charge >= 0.3 is 0 Å². The standard InChI is InChI=1S/C8H17NO2/c9-4-3-8(10)7-2-1-5-11-6-7/h7-8,10H,1-6,9H2/t7?,8-/m0/s1. The van der Waals surface area contributed by atoms with Gasteiger partial charge in [0.25, 0.3) is 0 Å². The molecule has 1 aliphatic rings. The summed E-state index contributed by atoms with van der Waals surface area (Å²) >= 11 is 0. The third-order valence-electron chi connectivity index (χ3n) is 2.20. The molecule has 1 fully saturated rings. The minimum atomic E-state index is -0.250. The van der Waals surface area contributed by atoms with Gasteiger partial charge in [0.05, 0.1) is 12.7 Å². The Bertz CT molecular complexity index is 102. The normalized spacial score (nSPS) is 28.4. The van der Waals surface area contributed by atoms with Crippen molar-refractivity contribution in [3.05, 3.63) is 0 Å². The first-order valence-electron chi connectivity index (χ1n) is 4.30. The number of aliphatic hydroxyl groups excluding tert-OH is 1. The van der Waals surface area contributed by atoms with E-state index in [4.69, 9.17) is 10.5 Å². The van der Waals surface area contributed by atoms with E-state index in [2.05, 4.69) is 0 Å². The Morgan fingerprint density at radius 3 is 3.00 bits per heavy atom. The summed E-state index contributed by atoms with van der Waals surface area (Å²) in [6.45, 7) is 2.13. The van der Waals surface area contributed by atoms with Crippen molar-refractivity contribution in [1.82, 2.24) is 0 Å². The smallest absolute Gasteiger partial charge is 0.0602 e. The van der Waals surface area contributed by atoms with Gasteiger partial charge in [0.15, 0.2) is 0 Å². The van der Waals surface area contributed by atoms with E-state index in [-0.39, 0.29) is 6.10 Å². The molecule has 3 N–H and O–H groups in total. The zero-order chi connectivity index (χ0) is 8.10. The molecule has 66 valence electrons. The third kappa shape index (κ3) is 2.77. The molecule has 3 heteroatoms. The summed E-state index contributed by atoms with van der Waals surface area (Å²) in [5.74, 6) is 0.326. The highest BCUT2D eigenvalue weighted by molar-refractivity contribution is 4.71. The first-order chi connectivity index (χ1) is 5.34. The number of hydrogen-bond donors (Lipinski definition) is 2. The molecule has 11 heavy (non-hydrogen) atoms. The molecule has 0 amide bonds. The molecule has 0 aromatic heterocycles. The van der Waals surface area contributed by atoms with E-state index < -0.39 is 0 Å². The van der Waals surface area contributed by atoms with Gasteiger partial charge in [0, 0.05) is 12.5 Å². The van der Waals surface area contributed by atoms with Gasteiger partial charge in [-0.25, -0.2) is 0 Å². The summed E-state index contributed by atoms with van der Waals surface area (Å²) in [6, 6.07) is 0. The third-order valence-corrected chi connectivity index (χ3v) is 2.20. The van der Waals surface area contributed by atoms with Crippen LogP contribution in [0.15, 0.2) is 0 Å².